The van der Waals surface area contributed by atoms with E-state index in [9.17, 15) is 4.79 Å². The second kappa shape index (κ2) is 7.14. The summed E-state index contributed by atoms with van der Waals surface area (Å²) in [6.45, 7) is 6.66. The van der Waals surface area contributed by atoms with Crippen LogP contribution in [0.15, 0.2) is 22.6 Å². The number of hydrogen-bond acceptors (Lipinski definition) is 3. The molecule has 0 aliphatic rings. The Kier molecular flexibility index (Phi) is 5.83. The first-order valence-electron chi connectivity index (χ1n) is 6.56. The van der Waals surface area contributed by atoms with Gasteiger partial charge in [-0.15, -0.1) is 0 Å². The second-order valence-corrected chi connectivity index (χ2v) is 5.50. The van der Waals surface area contributed by atoms with E-state index in [1.54, 1.807) is 6.08 Å². The molecule has 0 atom stereocenters. The Hall–Kier alpha value is -1.55. The van der Waals surface area contributed by atoms with E-state index >= 15 is 0 Å². The SMILES string of the molecule is Cc1ccc(/C=C/C(=O)NCCCC(C)(C)CO)o1. The fourth-order valence-corrected chi connectivity index (χ4v) is 1.62. The Morgan fingerprint density at radius 3 is 2.79 bits per heavy atom. The molecule has 0 saturated carbocycles. The molecule has 0 radical (unpaired) electrons. The van der Waals surface area contributed by atoms with Crippen molar-refractivity contribution in [2.75, 3.05) is 13.2 Å². The topological polar surface area (TPSA) is 62.5 Å². The van der Waals surface area contributed by atoms with E-state index in [4.69, 9.17) is 9.52 Å². The lowest BCUT2D eigenvalue weighted by atomic mass is 9.89. The summed E-state index contributed by atoms with van der Waals surface area (Å²) in [6, 6.07) is 3.68. The summed E-state index contributed by atoms with van der Waals surface area (Å²) in [5.41, 5.74) is -0.0771. The van der Waals surface area contributed by atoms with Crippen molar-refractivity contribution in [1.29, 1.82) is 0 Å². The van der Waals surface area contributed by atoms with Crippen molar-refractivity contribution < 1.29 is 14.3 Å². The van der Waals surface area contributed by atoms with E-state index in [0.717, 1.165) is 18.6 Å². The highest BCUT2D eigenvalue weighted by molar-refractivity contribution is 5.91. The Balaban J connectivity index is 2.23. The molecule has 1 amide bonds. The number of aryl methyl sites for hydroxylation is 1. The zero-order valence-corrected chi connectivity index (χ0v) is 11.9. The quantitative estimate of drug-likeness (QED) is 0.588. The Morgan fingerprint density at radius 2 is 2.21 bits per heavy atom. The molecule has 0 aliphatic carbocycles. The lowest BCUT2D eigenvalue weighted by molar-refractivity contribution is -0.116. The summed E-state index contributed by atoms with van der Waals surface area (Å²) in [7, 11) is 0. The summed E-state index contributed by atoms with van der Waals surface area (Å²) in [5.74, 6) is 1.37. The van der Waals surface area contributed by atoms with Crippen LogP contribution in [0.4, 0.5) is 0 Å². The number of amides is 1. The van der Waals surface area contributed by atoms with Gasteiger partial charge in [0, 0.05) is 19.2 Å². The number of carbonyl (C=O) groups excluding carboxylic acids is 1. The van der Waals surface area contributed by atoms with Gasteiger partial charge in [-0.2, -0.15) is 0 Å². The van der Waals surface area contributed by atoms with Gasteiger partial charge in [-0.25, -0.2) is 0 Å². The first-order chi connectivity index (χ1) is 8.93. The molecule has 0 bridgehead atoms. The van der Waals surface area contributed by atoms with Gasteiger partial charge >= 0.3 is 0 Å². The molecule has 1 heterocycles. The fourth-order valence-electron chi connectivity index (χ4n) is 1.62. The molecule has 0 aliphatic heterocycles. The summed E-state index contributed by atoms with van der Waals surface area (Å²) >= 11 is 0. The lowest BCUT2D eigenvalue weighted by Gasteiger charge is -2.20. The minimum absolute atomic E-state index is 0.0771. The van der Waals surface area contributed by atoms with Crippen LogP contribution in [-0.4, -0.2) is 24.2 Å². The van der Waals surface area contributed by atoms with Gasteiger partial charge in [-0.1, -0.05) is 13.8 Å². The molecule has 4 nitrogen and oxygen atoms in total. The summed E-state index contributed by atoms with van der Waals surface area (Å²) < 4.78 is 5.32. The van der Waals surface area contributed by atoms with Crippen LogP contribution in [0, 0.1) is 12.3 Å². The average Bonchev–Trinajstić information content (AvgIpc) is 2.78. The highest BCUT2D eigenvalue weighted by Gasteiger charge is 2.15. The maximum atomic E-state index is 11.5. The fraction of sp³-hybridized carbons (Fsp3) is 0.533. The van der Waals surface area contributed by atoms with Crippen LogP contribution >= 0.6 is 0 Å². The van der Waals surface area contributed by atoms with Crippen molar-refractivity contribution in [1.82, 2.24) is 5.32 Å². The van der Waals surface area contributed by atoms with Crippen molar-refractivity contribution in [3.05, 3.63) is 29.7 Å². The standard InChI is InChI=1S/C15H23NO3/c1-12-5-6-13(19-12)7-8-14(18)16-10-4-9-15(2,3)11-17/h5-8,17H,4,9-11H2,1-3H3,(H,16,18)/b8-7+. The molecule has 2 N–H and O–H groups in total. The van der Waals surface area contributed by atoms with E-state index in [2.05, 4.69) is 5.32 Å². The molecular formula is C15H23NO3. The third-order valence-corrected chi connectivity index (χ3v) is 2.92. The molecule has 4 heteroatoms. The van der Waals surface area contributed by atoms with Crippen LogP contribution < -0.4 is 5.32 Å². The molecule has 106 valence electrons. The maximum absolute atomic E-state index is 11.5. The normalized spacial score (nSPS) is 12.0. The molecule has 0 unspecified atom stereocenters. The lowest BCUT2D eigenvalue weighted by Crippen LogP contribution is -2.24. The smallest absolute Gasteiger partial charge is 0.244 e. The van der Waals surface area contributed by atoms with Crippen molar-refractivity contribution in [2.45, 2.75) is 33.6 Å². The second-order valence-electron chi connectivity index (χ2n) is 5.50. The largest absolute Gasteiger partial charge is 0.462 e. The van der Waals surface area contributed by atoms with Crippen LogP contribution in [-0.2, 0) is 4.79 Å². The van der Waals surface area contributed by atoms with Crippen LogP contribution in [0.25, 0.3) is 6.08 Å². The van der Waals surface area contributed by atoms with E-state index < -0.39 is 0 Å². The van der Waals surface area contributed by atoms with Gasteiger partial charge in [0.2, 0.25) is 5.91 Å². The average molecular weight is 265 g/mol. The molecule has 0 fully saturated rings. The van der Waals surface area contributed by atoms with Gasteiger partial charge in [-0.3, -0.25) is 4.79 Å². The van der Waals surface area contributed by atoms with Crippen LogP contribution in [0.3, 0.4) is 0 Å². The van der Waals surface area contributed by atoms with Gasteiger partial charge in [0.1, 0.15) is 11.5 Å². The van der Waals surface area contributed by atoms with E-state index in [1.807, 2.05) is 32.9 Å². The van der Waals surface area contributed by atoms with Crippen molar-refractivity contribution in [2.24, 2.45) is 5.41 Å². The number of aliphatic hydroxyl groups is 1. The number of nitrogens with one attached hydrogen (secondary N) is 1. The number of hydrogen-bond donors (Lipinski definition) is 2. The summed E-state index contributed by atoms with van der Waals surface area (Å²) in [4.78, 5) is 11.5. The predicted molar refractivity (Wildman–Crippen MR) is 75.6 cm³/mol. The molecule has 1 aromatic heterocycles. The van der Waals surface area contributed by atoms with E-state index in [0.29, 0.717) is 12.3 Å². The first kappa shape index (κ1) is 15.5. The highest BCUT2D eigenvalue weighted by atomic mass is 16.3. The van der Waals surface area contributed by atoms with Crippen molar-refractivity contribution >= 4 is 12.0 Å². The molecule has 0 saturated heterocycles. The molecule has 1 aromatic rings. The third kappa shape index (κ3) is 6.25. The molecule has 0 spiro atoms. The van der Waals surface area contributed by atoms with Crippen LogP contribution in [0.2, 0.25) is 0 Å². The zero-order chi connectivity index (χ0) is 14.3. The number of carbonyl (C=O) groups is 1. The summed E-state index contributed by atoms with van der Waals surface area (Å²) in [6.07, 6.45) is 4.85. The van der Waals surface area contributed by atoms with Gasteiger partial charge in [0.25, 0.3) is 0 Å². The molecule has 1 rings (SSSR count). The maximum Gasteiger partial charge on any atom is 0.244 e. The number of rotatable bonds is 7. The highest BCUT2D eigenvalue weighted by Crippen LogP contribution is 2.20. The Morgan fingerprint density at radius 1 is 1.47 bits per heavy atom. The third-order valence-electron chi connectivity index (χ3n) is 2.92. The molecular weight excluding hydrogens is 242 g/mol. The van der Waals surface area contributed by atoms with Crippen molar-refractivity contribution in [3.63, 3.8) is 0 Å². The zero-order valence-electron chi connectivity index (χ0n) is 11.9. The summed E-state index contributed by atoms with van der Waals surface area (Å²) in [5, 5.41) is 11.9. The number of aliphatic hydroxyl groups excluding tert-OH is 1. The van der Waals surface area contributed by atoms with Gasteiger partial charge < -0.3 is 14.8 Å². The van der Waals surface area contributed by atoms with E-state index in [-0.39, 0.29) is 17.9 Å². The van der Waals surface area contributed by atoms with E-state index in [1.165, 1.54) is 6.08 Å². The Bertz CT molecular complexity index is 432. The van der Waals surface area contributed by atoms with Gasteiger partial charge in [-0.05, 0) is 43.4 Å². The molecule has 0 aromatic carbocycles. The Labute approximate surface area is 114 Å². The van der Waals surface area contributed by atoms with Gasteiger partial charge in [0.05, 0.1) is 0 Å². The van der Waals surface area contributed by atoms with Gasteiger partial charge in [0.15, 0.2) is 0 Å². The minimum Gasteiger partial charge on any atom is -0.462 e. The predicted octanol–water partition coefficient (Wildman–Crippen LogP) is 2.52. The molecule has 19 heavy (non-hydrogen) atoms. The monoisotopic (exact) mass is 265 g/mol. The minimum atomic E-state index is -0.129. The van der Waals surface area contributed by atoms with Crippen molar-refractivity contribution in [3.8, 4) is 0 Å². The van der Waals surface area contributed by atoms with Crippen LogP contribution in [0.5, 0.6) is 0 Å². The number of furan rings is 1. The van der Waals surface area contributed by atoms with Crippen LogP contribution in [0.1, 0.15) is 38.2 Å². The first-order valence-corrected chi connectivity index (χ1v) is 6.56.